The standard InChI is InChI=1S/C9H10N6O3/c1-5-2-6(18-14-5)3-11-8-7(15(16)17)4-12-9(10)13-8/h2,4H,3H2,1H3,(H3,10,11,12,13). The summed E-state index contributed by atoms with van der Waals surface area (Å²) < 4.78 is 4.96. The monoisotopic (exact) mass is 250 g/mol. The van der Waals surface area contributed by atoms with Crippen LogP contribution in [0.25, 0.3) is 0 Å². The lowest BCUT2D eigenvalue weighted by molar-refractivity contribution is -0.384. The zero-order valence-electron chi connectivity index (χ0n) is 9.45. The second kappa shape index (κ2) is 4.65. The highest BCUT2D eigenvalue weighted by Gasteiger charge is 2.16. The Bertz CT molecular complexity index is 581. The highest BCUT2D eigenvalue weighted by atomic mass is 16.6. The number of nitrogen functional groups attached to an aromatic ring is 1. The smallest absolute Gasteiger partial charge is 0.329 e. The van der Waals surface area contributed by atoms with Gasteiger partial charge in [0.2, 0.25) is 11.8 Å². The van der Waals surface area contributed by atoms with E-state index in [1.807, 2.05) is 0 Å². The van der Waals surface area contributed by atoms with Crippen LogP contribution in [-0.4, -0.2) is 20.0 Å². The minimum Gasteiger partial charge on any atom is -0.368 e. The molecule has 2 aromatic rings. The van der Waals surface area contributed by atoms with Gasteiger partial charge in [-0.2, -0.15) is 4.98 Å². The van der Waals surface area contributed by atoms with Gasteiger partial charge in [0.05, 0.1) is 17.2 Å². The molecule has 0 atom stereocenters. The SMILES string of the molecule is Cc1cc(CNc2nc(N)ncc2[N+](=O)[O-])on1. The van der Waals surface area contributed by atoms with E-state index in [4.69, 9.17) is 10.3 Å². The minimum atomic E-state index is -0.590. The van der Waals surface area contributed by atoms with Crippen molar-refractivity contribution >= 4 is 17.5 Å². The molecule has 2 aromatic heterocycles. The van der Waals surface area contributed by atoms with E-state index in [0.717, 1.165) is 11.9 Å². The molecule has 94 valence electrons. The third-order valence-corrected chi connectivity index (χ3v) is 2.09. The molecule has 9 heteroatoms. The predicted molar refractivity (Wildman–Crippen MR) is 61.7 cm³/mol. The molecule has 0 amide bonds. The molecule has 0 aliphatic carbocycles. The number of nitro groups is 1. The van der Waals surface area contributed by atoms with Crippen molar-refractivity contribution in [3.8, 4) is 0 Å². The molecule has 0 bridgehead atoms. The first-order chi connectivity index (χ1) is 8.56. The average molecular weight is 250 g/mol. The maximum Gasteiger partial charge on any atom is 0.329 e. The van der Waals surface area contributed by atoms with Crippen LogP contribution in [0.5, 0.6) is 0 Å². The summed E-state index contributed by atoms with van der Waals surface area (Å²) in [6.45, 7) is 2.00. The van der Waals surface area contributed by atoms with Gasteiger partial charge in [-0.3, -0.25) is 10.1 Å². The Labute approximate surface area is 101 Å². The number of anilines is 2. The van der Waals surface area contributed by atoms with E-state index in [-0.39, 0.29) is 24.0 Å². The molecular weight excluding hydrogens is 240 g/mol. The number of hydrogen-bond donors (Lipinski definition) is 2. The van der Waals surface area contributed by atoms with Crippen molar-refractivity contribution in [1.82, 2.24) is 15.1 Å². The Morgan fingerprint density at radius 1 is 1.61 bits per heavy atom. The number of nitrogens with two attached hydrogens (primary N) is 1. The number of nitrogens with one attached hydrogen (secondary N) is 1. The first-order valence-corrected chi connectivity index (χ1v) is 4.99. The Hall–Kier alpha value is -2.71. The fraction of sp³-hybridized carbons (Fsp3) is 0.222. The van der Waals surface area contributed by atoms with Crippen molar-refractivity contribution in [2.75, 3.05) is 11.1 Å². The van der Waals surface area contributed by atoms with Crippen LogP contribution in [0.4, 0.5) is 17.5 Å². The predicted octanol–water partition coefficient (Wildman–Crippen LogP) is 0.876. The summed E-state index contributed by atoms with van der Waals surface area (Å²) >= 11 is 0. The van der Waals surface area contributed by atoms with Crippen molar-refractivity contribution in [3.63, 3.8) is 0 Å². The second-order valence-corrected chi connectivity index (χ2v) is 3.51. The van der Waals surface area contributed by atoms with Crippen LogP contribution in [0.2, 0.25) is 0 Å². The number of hydrogen-bond acceptors (Lipinski definition) is 8. The molecule has 9 nitrogen and oxygen atoms in total. The number of nitrogens with zero attached hydrogens (tertiary/aromatic N) is 4. The summed E-state index contributed by atoms with van der Waals surface area (Å²) in [6, 6.07) is 1.71. The molecule has 0 fully saturated rings. The quantitative estimate of drug-likeness (QED) is 0.603. The van der Waals surface area contributed by atoms with E-state index < -0.39 is 4.92 Å². The van der Waals surface area contributed by atoms with Gasteiger partial charge in [0.25, 0.3) is 0 Å². The third-order valence-electron chi connectivity index (χ3n) is 2.09. The lowest BCUT2D eigenvalue weighted by Gasteiger charge is -2.03. The molecule has 0 radical (unpaired) electrons. The molecular formula is C9H10N6O3. The van der Waals surface area contributed by atoms with Gasteiger partial charge in [-0.1, -0.05) is 5.16 Å². The average Bonchev–Trinajstić information content (AvgIpc) is 2.72. The van der Waals surface area contributed by atoms with Crippen LogP contribution in [0, 0.1) is 17.0 Å². The van der Waals surface area contributed by atoms with Gasteiger partial charge in [-0.05, 0) is 6.92 Å². The topological polar surface area (TPSA) is 133 Å². The molecule has 0 aliphatic heterocycles. The Balaban J connectivity index is 2.17. The largest absolute Gasteiger partial charge is 0.368 e. The van der Waals surface area contributed by atoms with Gasteiger partial charge in [0.15, 0.2) is 5.76 Å². The maximum absolute atomic E-state index is 10.8. The van der Waals surface area contributed by atoms with Crippen LogP contribution >= 0.6 is 0 Å². The van der Waals surface area contributed by atoms with Crippen molar-refractivity contribution in [3.05, 3.63) is 33.8 Å². The fourth-order valence-electron chi connectivity index (χ4n) is 1.32. The van der Waals surface area contributed by atoms with Gasteiger partial charge < -0.3 is 15.6 Å². The van der Waals surface area contributed by atoms with E-state index in [0.29, 0.717) is 5.76 Å². The molecule has 2 rings (SSSR count). The van der Waals surface area contributed by atoms with E-state index in [9.17, 15) is 10.1 Å². The minimum absolute atomic E-state index is 0.0431. The van der Waals surface area contributed by atoms with E-state index in [2.05, 4.69) is 20.4 Å². The Morgan fingerprint density at radius 3 is 3.00 bits per heavy atom. The number of rotatable bonds is 4. The molecule has 3 N–H and O–H groups in total. The van der Waals surface area contributed by atoms with E-state index >= 15 is 0 Å². The summed E-state index contributed by atoms with van der Waals surface area (Å²) in [4.78, 5) is 17.5. The van der Waals surface area contributed by atoms with Gasteiger partial charge in [0.1, 0.15) is 6.20 Å². The van der Waals surface area contributed by atoms with Crippen LogP contribution in [-0.2, 0) is 6.54 Å². The molecule has 0 aliphatic rings. The number of aryl methyl sites for hydroxylation is 1. The highest BCUT2D eigenvalue weighted by Crippen LogP contribution is 2.21. The molecule has 2 heterocycles. The van der Waals surface area contributed by atoms with Gasteiger partial charge >= 0.3 is 5.69 Å². The molecule has 0 unspecified atom stereocenters. The van der Waals surface area contributed by atoms with Crippen molar-refractivity contribution in [2.45, 2.75) is 13.5 Å². The highest BCUT2D eigenvalue weighted by molar-refractivity contribution is 5.56. The molecule has 0 aromatic carbocycles. The fourth-order valence-corrected chi connectivity index (χ4v) is 1.32. The molecule has 18 heavy (non-hydrogen) atoms. The Kier molecular flexibility index (Phi) is 3.04. The van der Waals surface area contributed by atoms with Crippen molar-refractivity contribution in [2.24, 2.45) is 0 Å². The van der Waals surface area contributed by atoms with Gasteiger partial charge in [-0.15, -0.1) is 0 Å². The zero-order chi connectivity index (χ0) is 13.1. The summed E-state index contributed by atoms with van der Waals surface area (Å²) in [5.41, 5.74) is 5.86. The lowest BCUT2D eigenvalue weighted by Crippen LogP contribution is -2.07. The Morgan fingerprint density at radius 2 is 2.39 bits per heavy atom. The third kappa shape index (κ3) is 2.51. The zero-order valence-corrected chi connectivity index (χ0v) is 9.45. The molecule has 0 spiro atoms. The van der Waals surface area contributed by atoms with Crippen LogP contribution in [0.3, 0.4) is 0 Å². The maximum atomic E-state index is 10.8. The van der Waals surface area contributed by atoms with E-state index in [1.54, 1.807) is 13.0 Å². The summed E-state index contributed by atoms with van der Waals surface area (Å²) in [6.07, 6.45) is 1.05. The molecule has 0 saturated carbocycles. The normalized spacial score (nSPS) is 10.3. The second-order valence-electron chi connectivity index (χ2n) is 3.51. The molecule has 0 saturated heterocycles. The first kappa shape index (κ1) is 11.8. The van der Waals surface area contributed by atoms with Crippen molar-refractivity contribution in [1.29, 1.82) is 0 Å². The summed E-state index contributed by atoms with van der Waals surface area (Å²) in [7, 11) is 0. The van der Waals surface area contributed by atoms with Crippen molar-refractivity contribution < 1.29 is 9.45 Å². The van der Waals surface area contributed by atoms with E-state index in [1.165, 1.54) is 0 Å². The van der Waals surface area contributed by atoms with Crippen LogP contribution in [0.15, 0.2) is 16.8 Å². The van der Waals surface area contributed by atoms with Crippen LogP contribution in [0.1, 0.15) is 11.5 Å². The summed E-state index contributed by atoms with van der Waals surface area (Å²) in [5, 5.41) is 17.2. The first-order valence-electron chi connectivity index (χ1n) is 4.99. The summed E-state index contributed by atoms with van der Waals surface area (Å²) in [5.74, 6) is 0.539. The number of aromatic nitrogens is 3. The lowest BCUT2D eigenvalue weighted by atomic mass is 10.4. The van der Waals surface area contributed by atoms with Gasteiger partial charge in [0, 0.05) is 6.07 Å². The van der Waals surface area contributed by atoms with Crippen LogP contribution < -0.4 is 11.1 Å². The van der Waals surface area contributed by atoms with Gasteiger partial charge in [-0.25, -0.2) is 4.98 Å².